The Bertz CT molecular complexity index is 1310. The highest BCUT2D eigenvalue weighted by Gasteiger charge is 2.35. The molecule has 0 fully saturated rings. The fourth-order valence-corrected chi connectivity index (χ4v) is 4.11. The molecule has 0 aliphatic carbocycles. The molecule has 170 valence electrons. The number of aromatic nitrogens is 2. The van der Waals surface area contributed by atoms with Crippen molar-refractivity contribution in [1.82, 2.24) is 9.97 Å². The second-order valence-electron chi connectivity index (χ2n) is 7.10. The third-order valence-electron chi connectivity index (χ3n) is 4.81. The zero-order chi connectivity index (χ0) is 23.7. The number of hydrogen-bond acceptors (Lipinski definition) is 6. The summed E-state index contributed by atoms with van der Waals surface area (Å²) in [4.78, 5) is 45.1. The molecule has 0 saturated carbocycles. The molecule has 33 heavy (non-hydrogen) atoms. The van der Waals surface area contributed by atoms with Crippen molar-refractivity contribution in [2.24, 2.45) is 0 Å². The summed E-state index contributed by atoms with van der Waals surface area (Å²) in [5.74, 6) is -1.74. The van der Waals surface area contributed by atoms with E-state index in [0.29, 0.717) is 32.2 Å². The summed E-state index contributed by atoms with van der Waals surface area (Å²) in [6, 6.07) is 9.42. The van der Waals surface area contributed by atoms with E-state index >= 15 is 0 Å². The minimum atomic E-state index is -1.08. The van der Waals surface area contributed by atoms with Crippen LogP contribution in [0.25, 0.3) is 0 Å². The lowest BCUT2D eigenvalue weighted by Crippen LogP contribution is -2.36. The van der Waals surface area contributed by atoms with E-state index in [9.17, 15) is 14.4 Å². The van der Waals surface area contributed by atoms with Crippen molar-refractivity contribution in [1.29, 1.82) is 0 Å². The van der Waals surface area contributed by atoms with Crippen LogP contribution in [0.5, 0.6) is 5.75 Å². The Morgan fingerprint density at radius 2 is 1.82 bits per heavy atom. The highest BCUT2D eigenvalue weighted by molar-refractivity contribution is 6.35. The summed E-state index contributed by atoms with van der Waals surface area (Å²) >= 11 is 18.0. The standard InChI is InChI=1S/C21H16Cl3N5O4/c1-33-15-3-2-9(22)7-14(15)26-19(31)13-8-16(30)27-18-17(13)20(32)29-21(28-18)25-12-5-10(23)4-11(24)6-12/h2-7,13H,8H2,1H3,(H,26,31)(H3,25,27,28,29,30,32)/t13-/m0/s1. The van der Waals surface area contributed by atoms with Crippen LogP contribution >= 0.6 is 34.8 Å². The van der Waals surface area contributed by atoms with Crippen LogP contribution in [-0.4, -0.2) is 28.9 Å². The van der Waals surface area contributed by atoms with Gasteiger partial charge in [0.25, 0.3) is 5.56 Å². The lowest BCUT2D eigenvalue weighted by Gasteiger charge is -2.24. The number of anilines is 4. The number of nitrogens with zero attached hydrogens (tertiary/aromatic N) is 1. The smallest absolute Gasteiger partial charge is 0.258 e. The lowest BCUT2D eigenvalue weighted by molar-refractivity contribution is -0.123. The largest absolute Gasteiger partial charge is 0.495 e. The van der Waals surface area contributed by atoms with Gasteiger partial charge in [-0.05, 0) is 36.4 Å². The van der Waals surface area contributed by atoms with Gasteiger partial charge in [0, 0.05) is 27.2 Å². The van der Waals surface area contributed by atoms with Crippen molar-refractivity contribution in [2.75, 3.05) is 23.1 Å². The highest BCUT2D eigenvalue weighted by atomic mass is 35.5. The SMILES string of the molecule is COc1ccc(Cl)cc1NC(=O)[C@H]1CC(=O)Nc2nc(Nc3cc(Cl)cc(Cl)c3)[nH]c(=O)c21. The Morgan fingerprint density at radius 3 is 2.52 bits per heavy atom. The number of ether oxygens (including phenoxy) is 1. The van der Waals surface area contributed by atoms with Gasteiger partial charge in [-0.25, -0.2) is 0 Å². The van der Waals surface area contributed by atoms with E-state index < -0.39 is 23.3 Å². The number of carbonyl (C=O) groups excluding carboxylic acids is 2. The van der Waals surface area contributed by atoms with E-state index in [4.69, 9.17) is 39.5 Å². The second kappa shape index (κ2) is 9.30. The molecule has 1 aromatic heterocycles. The maximum Gasteiger partial charge on any atom is 0.258 e. The van der Waals surface area contributed by atoms with Crippen molar-refractivity contribution >= 4 is 69.8 Å². The van der Waals surface area contributed by atoms with Gasteiger partial charge in [0.05, 0.1) is 24.3 Å². The molecule has 4 rings (SSSR count). The Balaban J connectivity index is 1.66. The Labute approximate surface area is 202 Å². The normalized spacial score (nSPS) is 14.8. The first-order valence-corrected chi connectivity index (χ1v) is 10.7. The van der Waals surface area contributed by atoms with Crippen LogP contribution in [-0.2, 0) is 9.59 Å². The van der Waals surface area contributed by atoms with Crippen molar-refractivity contribution in [3.63, 3.8) is 0 Å². The first kappa shape index (κ1) is 22.9. The molecule has 2 aromatic carbocycles. The first-order chi connectivity index (χ1) is 15.7. The third-order valence-corrected chi connectivity index (χ3v) is 5.48. The molecule has 2 amide bonds. The predicted molar refractivity (Wildman–Crippen MR) is 127 cm³/mol. The number of benzene rings is 2. The third kappa shape index (κ3) is 5.05. The number of carbonyl (C=O) groups is 2. The fourth-order valence-electron chi connectivity index (χ4n) is 3.41. The van der Waals surface area contributed by atoms with Gasteiger partial charge in [0.1, 0.15) is 11.6 Å². The van der Waals surface area contributed by atoms with E-state index in [1.54, 1.807) is 30.3 Å². The van der Waals surface area contributed by atoms with Gasteiger partial charge in [-0.1, -0.05) is 34.8 Å². The van der Waals surface area contributed by atoms with Crippen LogP contribution in [0.15, 0.2) is 41.2 Å². The van der Waals surface area contributed by atoms with Gasteiger partial charge in [0.2, 0.25) is 17.8 Å². The van der Waals surface area contributed by atoms with E-state index in [2.05, 4.69) is 25.9 Å². The average molecular weight is 509 g/mol. The molecule has 1 atom stereocenters. The van der Waals surface area contributed by atoms with Gasteiger partial charge in [0.15, 0.2) is 0 Å². The number of halogens is 3. The van der Waals surface area contributed by atoms with Crippen LogP contribution in [0.4, 0.5) is 23.1 Å². The van der Waals surface area contributed by atoms with E-state index in [-0.39, 0.29) is 23.8 Å². The molecule has 1 aliphatic heterocycles. The molecule has 0 spiro atoms. The number of amides is 2. The summed E-state index contributed by atoms with van der Waals surface area (Å²) in [5, 5.41) is 9.24. The van der Waals surface area contributed by atoms with Crippen molar-refractivity contribution in [2.45, 2.75) is 12.3 Å². The van der Waals surface area contributed by atoms with Gasteiger partial charge >= 0.3 is 0 Å². The van der Waals surface area contributed by atoms with Gasteiger partial charge in [-0.3, -0.25) is 19.4 Å². The second-order valence-corrected chi connectivity index (χ2v) is 8.41. The van der Waals surface area contributed by atoms with Crippen LogP contribution < -0.4 is 26.2 Å². The number of nitrogens with one attached hydrogen (secondary N) is 4. The maximum atomic E-state index is 13.0. The number of methoxy groups -OCH3 is 1. The van der Waals surface area contributed by atoms with Crippen molar-refractivity contribution in [3.05, 3.63) is 67.4 Å². The van der Waals surface area contributed by atoms with Crippen LogP contribution in [0, 0.1) is 0 Å². The minimum Gasteiger partial charge on any atom is -0.495 e. The zero-order valence-corrected chi connectivity index (χ0v) is 19.2. The Hall–Kier alpha value is -3.27. The van der Waals surface area contributed by atoms with E-state index in [1.165, 1.54) is 13.2 Å². The molecule has 3 aromatic rings. The molecular weight excluding hydrogens is 493 g/mol. The summed E-state index contributed by atoms with van der Waals surface area (Å²) in [6.45, 7) is 0. The Morgan fingerprint density at radius 1 is 1.09 bits per heavy atom. The molecule has 0 unspecified atom stereocenters. The molecule has 0 bridgehead atoms. The molecule has 0 saturated heterocycles. The number of aromatic amines is 1. The summed E-state index contributed by atoms with van der Waals surface area (Å²) in [7, 11) is 1.44. The fraction of sp³-hybridized carbons (Fsp3) is 0.143. The summed E-state index contributed by atoms with van der Waals surface area (Å²) < 4.78 is 5.23. The van der Waals surface area contributed by atoms with Gasteiger partial charge < -0.3 is 20.7 Å². The highest BCUT2D eigenvalue weighted by Crippen LogP contribution is 2.33. The number of hydrogen-bond donors (Lipinski definition) is 4. The first-order valence-electron chi connectivity index (χ1n) is 9.55. The monoisotopic (exact) mass is 507 g/mol. The minimum absolute atomic E-state index is 0.0242. The number of rotatable bonds is 5. The van der Waals surface area contributed by atoms with Crippen molar-refractivity contribution in [3.8, 4) is 5.75 Å². The molecule has 1 aliphatic rings. The zero-order valence-electron chi connectivity index (χ0n) is 17.0. The van der Waals surface area contributed by atoms with Crippen LogP contribution in [0.1, 0.15) is 17.9 Å². The maximum absolute atomic E-state index is 13.0. The summed E-state index contributed by atoms with van der Waals surface area (Å²) in [5.41, 5.74) is 0.222. The predicted octanol–water partition coefficient (Wildman–Crippen LogP) is 4.55. The number of H-pyrrole nitrogens is 1. The van der Waals surface area contributed by atoms with Gasteiger partial charge in [-0.2, -0.15) is 4.98 Å². The molecule has 9 nitrogen and oxygen atoms in total. The van der Waals surface area contributed by atoms with E-state index in [1.807, 2.05) is 0 Å². The van der Waals surface area contributed by atoms with E-state index in [0.717, 1.165) is 0 Å². The quantitative estimate of drug-likeness (QED) is 0.401. The number of fused-ring (bicyclic) bond motifs is 1. The molecule has 2 heterocycles. The van der Waals surface area contributed by atoms with Crippen LogP contribution in [0.2, 0.25) is 15.1 Å². The average Bonchev–Trinajstić information content (AvgIpc) is 2.72. The molecular formula is C21H16Cl3N5O4. The van der Waals surface area contributed by atoms with Gasteiger partial charge in [-0.15, -0.1) is 0 Å². The van der Waals surface area contributed by atoms with Crippen LogP contribution in [0.3, 0.4) is 0 Å². The van der Waals surface area contributed by atoms with Crippen molar-refractivity contribution < 1.29 is 14.3 Å². The topological polar surface area (TPSA) is 125 Å². The molecule has 12 heteroatoms. The Kier molecular flexibility index (Phi) is 6.46. The lowest BCUT2D eigenvalue weighted by atomic mass is 9.92. The molecule has 4 N–H and O–H groups in total. The summed E-state index contributed by atoms with van der Waals surface area (Å²) in [6.07, 6.45) is -0.233. The molecule has 0 radical (unpaired) electrons.